The summed E-state index contributed by atoms with van der Waals surface area (Å²) >= 11 is 0. The van der Waals surface area contributed by atoms with Crippen molar-refractivity contribution in [1.29, 1.82) is 0 Å². The number of hydrogen-bond donors (Lipinski definition) is 4. The molecule has 2 unspecified atom stereocenters. The van der Waals surface area contributed by atoms with E-state index in [1.807, 2.05) is 54.6 Å². The maximum atomic E-state index is 13.7. The van der Waals surface area contributed by atoms with E-state index in [1.54, 1.807) is 13.8 Å². The van der Waals surface area contributed by atoms with Crippen LogP contribution in [0.5, 0.6) is 0 Å². The molecule has 4 atom stereocenters. The third-order valence-electron chi connectivity index (χ3n) is 7.30. The molecule has 12 nitrogen and oxygen atoms in total. The van der Waals surface area contributed by atoms with Gasteiger partial charge in [0.05, 0.1) is 11.8 Å². The van der Waals surface area contributed by atoms with Crippen molar-refractivity contribution in [3.05, 3.63) is 71.5 Å². The number of benzene rings is 2. The van der Waals surface area contributed by atoms with Crippen LogP contribution in [0.3, 0.4) is 0 Å². The van der Waals surface area contributed by atoms with Crippen LogP contribution in [0.15, 0.2) is 54.6 Å². The van der Waals surface area contributed by atoms with Gasteiger partial charge in [-0.05, 0) is 29.5 Å². The van der Waals surface area contributed by atoms with Gasteiger partial charge in [-0.2, -0.15) is 0 Å². The zero-order chi connectivity index (χ0) is 29.8. The normalized spacial score (nSPS) is 18.2. The number of carboxylic acid groups (broad SMARTS) is 1. The summed E-state index contributed by atoms with van der Waals surface area (Å²) in [6.07, 6.45) is -0.855. The number of carboxylic acids is 1. The van der Waals surface area contributed by atoms with E-state index in [2.05, 4.69) is 15.6 Å². The summed E-state index contributed by atoms with van der Waals surface area (Å²) in [7, 11) is 0. The number of hydrogen-bond acceptors (Lipinski definition) is 7. The van der Waals surface area contributed by atoms with Crippen LogP contribution in [-0.2, 0) is 20.8 Å². The van der Waals surface area contributed by atoms with Crippen molar-refractivity contribution in [3.8, 4) is 11.1 Å². The Labute approximate surface area is 237 Å². The lowest BCUT2D eigenvalue weighted by molar-refractivity contribution is -0.143. The smallest absolute Gasteiger partial charge is 0.358 e. The van der Waals surface area contributed by atoms with Crippen LogP contribution < -0.4 is 11.1 Å². The minimum Gasteiger partial charge on any atom is -0.476 e. The lowest BCUT2D eigenvalue weighted by Gasteiger charge is -2.31. The fourth-order valence-corrected chi connectivity index (χ4v) is 5.14. The summed E-state index contributed by atoms with van der Waals surface area (Å²) in [6, 6.07) is 14.3. The predicted molar refractivity (Wildman–Crippen MR) is 148 cm³/mol. The molecule has 2 heterocycles. The van der Waals surface area contributed by atoms with Crippen molar-refractivity contribution in [3.63, 3.8) is 0 Å². The molecular formula is C29H34N6O6. The van der Waals surface area contributed by atoms with E-state index in [1.165, 1.54) is 16.5 Å². The number of aromatic carboxylic acids is 1. The van der Waals surface area contributed by atoms with Crippen molar-refractivity contribution in [1.82, 2.24) is 25.2 Å². The number of aliphatic hydroxyl groups excluding tert-OH is 1. The molecule has 0 spiro atoms. The fraction of sp³-hybridized carbons (Fsp3) is 0.379. The van der Waals surface area contributed by atoms with Gasteiger partial charge in [0.2, 0.25) is 17.7 Å². The van der Waals surface area contributed by atoms with Gasteiger partial charge >= 0.3 is 5.97 Å². The van der Waals surface area contributed by atoms with Crippen LogP contribution in [0.2, 0.25) is 0 Å². The van der Waals surface area contributed by atoms with Gasteiger partial charge in [0.25, 0.3) is 0 Å². The van der Waals surface area contributed by atoms with Crippen LogP contribution in [0.25, 0.3) is 11.1 Å². The van der Waals surface area contributed by atoms with Gasteiger partial charge < -0.3 is 26.2 Å². The van der Waals surface area contributed by atoms with Crippen LogP contribution >= 0.6 is 0 Å². The Kier molecular flexibility index (Phi) is 8.82. The van der Waals surface area contributed by atoms with E-state index in [0.29, 0.717) is 0 Å². The molecular weight excluding hydrogens is 528 g/mol. The Hall–Kier alpha value is -4.58. The van der Waals surface area contributed by atoms with E-state index in [-0.39, 0.29) is 36.7 Å². The van der Waals surface area contributed by atoms with E-state index >= 15 is 0 Å². The van der Waals surface area contributed by atoms with Gasteiger partial charge in [-0.25, -0.2) is 9.48 Å². The number of carbonyl (C=O) groups is 4. The molecule has 1 aliphatic heterocycles. The first-order chi connectivity index (χ1) is 19.5. The maximum absolute atomic E-state index is 13.7. The first-order valence-electron chi connectivity index (χ1n) is 13.4. The van der Waals surface area contributed by atoms with Crippen molar-refractivity contribution >= 4 is 23.7 Å². The highest BCUT2D eigenvalue weighted by atomic mass is 16.4. The number of primary amides is 1. The second kappa shape index (κ2) is 12.3. The lowest BCUT2D eigenvalue weighted by atomic mass is 10.00. The number of aromatic nitrogens is 3. The molecule has 0 radical (unpaired) electrons. The van der Waals surface area contributed by atoms with Gasteiger partial charge in [0.1, 0.15) is 18.1 Å². The summed E-state index contributed by atoms with van der Waals surface area (Å²) in [5.74, 6) is -3.49. The second-order valence-electron chi connectivity index (χ2n) is 10.6. The van der Waals surface area contributed by atoms with Crippen LogP contribution in [-0.4, -0.2) is 78.5 Å². The lowest BCUT2D eigenvalue weighted by Crippen LogP contribution is -2.54. The standard InChI is InChI=1S/C29H34N6O6/c1-16(2)25(35-17(3)24(29(40)41)32-33-35)28(39)34-15-21(36)14-23(34)27(38)31-22(26(30)37)13-18-9-11-20(12-10-18)19-7-5-4-6-8-19/h4-12,16,21-23,25,36H,13-15H2,1-3H3,(H2,30,37)(H,31,38)(H,40,41)/t21-,22?,23+,25?/m1/s1. The first kappa shape index (κ1) is 29.4. The largest absolute Gasteiger partial charge is 0.476 e. The molecule has 3 amide bonds. The third kappa shape index (κ3) is 6.43. The van der Waals surface area contributed by atoms with E-state index in [0.717, 1.165) is 16.7 Å². The van der Waals surface area contributed by atoms with Crippen LogP contribution in [0, 0.1) is 12.8 Å². The SMILES string of the molecule is Cc1c(C(=O)O)nnn1C(C(=O)N1C[C@H](O)C[C@H]1C(=O)NC(Cc1ccc(-c2ccccc2)cc1)C(N)=O)C(C)C. The molecule has 1 fully saturated rings. The number of nitrogens with one attached hydrogen (secondary N) is 1. The number of rotatable bonds is 10. The molecule has 0 aliphatic carbocycles. The van der Waals surface area contributed by atoms with Gasteiger partial charge in [-0.15, -0.1) is 5.10 Å². The number of nitrogens with zero attached hydrogens (tertiary/aromatic N) is 4. The Morgan fingerprint density at radius 1 is 1.05 bits per heavy atom. The quantitative estimate of drug-likeness (QED) is 0.285. The molecule has 1 saturated heterocycles. The molecule has 1 aliphatic rings. The minimum atomic E-state index is -1.27. The number of carbonyl (C=O) groups excluding carboxylic acids is 3. The summed E-state index contributed by atoms with van der Waals surface area (Å²) in [5, 5.41) is 30.0. The molecule has 216 valence electrons. The van der Waals surface area contributed by atoms with Gasteiger partial charge in [0, 0.05) is 19.4 Å². The Balaban J connectivity index is 1.51. The van der Waals surface area contributed by atoms with Crippen molar-refractivity contribution in [2.45, 2.75) is 57.8 Å². The summed E-state index contributed by atoms with van der Waals surface area (Å²) in [5.41, 5.74) is 8.37. The van der Waals surface area contributed by atoms with Crippen molar-refractivity contribution in [2.75, 3.05) is 6.54 Å². The van der Waals surface area contributed by atoms with E-state index in [4.69, 9.17) is 5.73 Å². The molecule has 2 aromatic carbocycles. The number of β-amino-alcohol motifs (C(OH)–C–C–N with tert-alkyl or cyclic N) is 1. The second-order valence-corrected chi connectivity index (χ2v) is 10.6. The number of amides is 3. The third-order valence-corrected chi connectivity index (χ3v) is 7.30. The average molecular weight is 563 g/mol. The Bertz CT molecular complexity index is 1420. The summed E-state index contributed by atoms with van der Waals surface area (Å²) < 4.78 is 1.24. The number of nitrogens with two attached hydrogens (primary N) is 1. The van der Waals surface area contributed by atoms with Crippen LogP contribution in [0.1, 0.15) is 48.1 Å². The number of aliphatic hydroxyl groups is 1. The predicted octanol–water partition coefficient (Wildman–Crippen LogP) is 1.32. The van der Waals surface area contributed by atoms with E-state index in [9.17, 15) is 29.4 Å². The molecule has 0 bridgehead atoms. The average Bonchev–Trinajstić information content (AvgIpc) is 3.51. The number of likely N-dealkylation sites (tertiary alicyclic amines) is 1. The van der Waals surface area contributed by atoms with Gasteiger partial charge in [-0.1, -0.05) is 73.7 Å². The molecule has 41 heavy (non-hydrogen) atoms. The maximum Gasteiger partial charge on any atom is 0.358 e. The van der Waals surface area contributed by atoms with Gasteiger partial charge in [0.15, 0.2) is 5.69 Å². The molecule has 12 heteroatoms. The molecule has 1 aromatic heterocycles. The molecule has 4 rings (SSSR count). The Morgan fingerprint density at radius 3 is 2.24 bits per heavy atom. The van der Waals surface area contributed by atoms with Gasteiger partial charge in [-0.3, -0.25) is 14.4 Å². The fourth-order valence-electron chi connectivity index (χ4n) is 5.14. The monoisotopic (exact) mass is 562 g/mol. The highest BCUT2D eigenvalue weighted by Crippen LogP contribution is 2.28. The Morgan fingerprint density at radius 2 is 1.68 bits per heavy atom. The van der Waals surface area contributed by atoms with E-state index < -0.39 is 47.9 Å². The zero-order valence-corrected chi connectivity index (χ0v) is 23.1. The van der Waals surface area contributed by atoms with Crippen molar-refractivity contribution < 1.29 is 29.4 Å². The summed E-state index contributed by atoms with van der Waals surface area (Å²) in [6.45, 7) is 4.91. The summed E-state index contributed by atoms with van der Waals surface area (Å²) in [4.78, 5) is 52.2. The first-order valence-corrected chi connectivity index (χ1v) is 13.4. The molecule has 3 aromatic rings. The molecule has 5 N–H and O–H groups in total. The highest BCUT2D eigenvalue weighted by Gasteiger charge is 2.43. The topological polar surface area (TPSA) is 181 Å². The van der Waals surface area contributed by atoms with Crippen molar-refractivity contribution in [2.24, 2.45) is 11.7 Å². The van der Waals surface area contributed by atoms with Crippen LogP contribution in [0.4, 0.5) is 0 Å². The zero-order valence-electron chi connectivity index (χ0n) is 23.1. The minimum absolute atomic E-state index is 0.0314. The highest BCUT2D eigenvalue weighted by molar-refractivity contribution is 5.93. The molecule has 0 saturated carbocycles.